The summed E-state index contributed by atoms with van der Waals surface area (Å²) in [7, 11) is 1.29. The highest BCUT2D eigenvalue weighted by Gasteiger charge is 2.34. The van der Waals surface area contributed by atoms with E-state index in [0.29, 0.717) is 29.7 Å². The molecule has 1 aromatic carbocycles. The highest BCUT2D eigenvalue weighted by atomic mass is 35.5. The highest BCUT2D eigenvalue weighted by Crippen LogP contribution is 2.31. The van der Waals surface area contributed by atoms with Crippen molar-refractivity contribution in [3.63, 3.8) is 0 Å². The fourth-order valence-electron chi connectivity index (χ4n) is 2.83. The number of rotatable bonds is 4. The van der Waals surface area contributed by atoms with E-state index in [1.165, 1.54) is 13.2 Å². The van der Waals surface area contributed by atoms with Crippen LogP contribution in [-0.2, 0) is 9.47 Å². The molecule has 1 aliphatic rings. The average Bonchev–Trinajstić information content (AvgIpc) is 2.61. The Labute approximate surface area is 174 Å². The number of aromatic nitrogens is 1. The van der Waals surface area contributed by atoms with Crippen LogP contribution in [0.2, 0.25) is 5.02 Å². The van der Waals surface area contributed by atoms with Crippen molar-refractivity contribution in [2.45, 2.75) is 32.3 Å². The number of nitrogens with zero attached hydrogens (tertiary/aromatic N) is 2. The van der Waals surface area contributed by atoms with Gasteiger partial charge in [0.25, 0.3) is 0 Å². The second kappa shape index (κ2) is 8.29. The number of likely N-dealkylation sites (tertiary alicyclic amines) is 1. The van der Waals surface area contributed by atoms with Crippen LogP contribution >= 0.6 is 11.6 Å². The number of methoxy groups -OCH3 is 1. The van der Waals surface area contributed by atoms with Gasteiger partial charge in [0, 0.05) is 36.3 Å². The van der Waals surface area contributed by atoms with Crippen molar-refractivity contribution in [1.29, 1.82) is 0 Å². The molecule has 0 aliphatic carbocycles. The van der Waals surface area contributed by atoms with Gasteiger partial charge in [-0.2, -0.15) is 0 Å². The quantitative estimate of drug-likeness (QED) is 0.672. The van der Waals surface area contributed by atoms with E-state index >= 15 is 0 Å². The first kappa shape index (κ1) is 20.9. The minimum atomic E-state index is -0.546. The van der Waals surface area contributed by atoms with Gasteiger partial charge in [-0.1, -0.05) is 17.7 Å². The van der Waals surface area contributed by atoms with Crippen LogP contribution in [0.5, 0.6) is 11.6 Å². The number of benzene rings is 1. The van der Waals surface area contributed by atoms with E-state index in [9.17, 15) is 9.59 Å². The third-order valence-electron chi connectivity index (χ3n) is 4.33. The van der Waals surface area contributed by atoms with Gasteiger partial charge in [0.2, 0.25) is 5.88 Å². The number of carbonyl (C=O) groups is 2. The summed E-state index contributed by atoms with van der Waals surface area (Å²) in [6.07, 6.45) is 1.40. The van der Waals surface area contributed by atoms with Crippen molar-refractivity contribution in [3.8, 4) is 11.6 Å². The van der Waals surface area contributed by atoms with Crippen LogP contribution in [0.15, 0.2) is 36.5 Å². The summed E-state index contributed by atoms with van der Waals surface area (Å²) in [5.74, 6) is 0.298. The Hall–Kier alpha value is -2.80. The van der Waals surface area contributed by atoms with Crippen molar-refractivity contribution >= 4 is 23.7 Å². The third-order valence-corrected chi connectivity index (χ3v) is 4.56. The standard InChI is InChI=1S/C21H23ClN2O5/c1-21(2,3)29-20(26)24-11-14(12-24)13-5-8-18(23-10-13)28-17-7-6-15(22)9-16(17)19(25)27-4/h5-10,14H,11-12H2,1-4H3. The van der Waals surface area contributed by atoms with Crippen molar-refractivity contribution in [3.05, 3.63) is 52.7 Å². The van der Waals surface area contributed by atoms with Gasteiger partial charge in [0.1, 0.15) is 16.9 Å². The molecule has 0 spiro atoms. The maximum atomic E-state index is 12.0. The Morgan fingerprint density at radius 1 is 1.17 bits per heavy atom. The molecule has 1 amide bonds. The molecular weight excluding hydrogens is 396 g/mol. The number of hydrogen-bond donors (Lipinski definition) is 0. The summed E-state index contributed by atoms with van der Waals surface area (Å²) >= 11 is 5.95. The lowest BCUT2D eigenvalue weighted by molar-refractivity contribution is 0.00814. The van der Waals surface area contributed by atoms with Gasteiger partial charge < -0.3 is 19.1 Å². The zero-order chi connectivity index (χ0) is 21.2. The first-order valence-electron chi connectivity index (χ1n) is 9.16. The van der Waals surface area contributed by atoms with Gasteiger partial charge >= 0.3 is 12.1 Å². The molecular formula is C21H23ClN2O5. The lowest BCUT2D eigenvalue weighted by atomic mass is 9.93. The minimum absolute atomic E-state index is 0.199. The van der Waals surface area contributed by atoms with Gasteiger partial charge in [-0.3, -0.25) is 0 Å². The molecule has 2 heterocycles. The largest absolute Gasteiger partial charge is 0.465 e. The number of halogens is 1. The maximum Gasteiger partial charge on any atom is 0.410 e. The molecule has 8 heteroatoms. The molecule has 3 rings (SSSR count). The molecule has 1 saturated heterocycles. The van der Waals surface area contributed by atoms with Crippen LogP contribution < -0.4 is 4.74 Å². The monoisotopic (exact) mass is 418 g/mol. The van der Waals surface area contributed by atoms with E-state index in [0.717, 1.165) is 5.56 Å². The molecule has 2 aromatic rings. The van der Waals surface area contributed by atoms with Crippen LogP contribution in [0.4, 0.5) is 4.79 Å². The molecule has 1 aliphatic heterocycles. The van der Waals surface area contributed by atoms with Gasteiger partial charge in [0.05, 0.1) is 7.11 Å². The first-order chi connectivity index (χ1) is 13.7. The SMILES string of the molecule is COC(=O)c1cc(Cl)ccc1Oc1ccc(C2CN(C(=O)OC(C)(C)C)C2)cn1. The zero-order valence-electron chi connectivity index (χ0n) is 16.8. The average molecular weight is 419 g/mol. The predicted molar refractivity (Wildman–Crippen MR) is 108 cm³/mol. The van der Waals surface area contributed by atoms with Crippen LogP contribution in [0, 0.1) is 0 Å². The number of hydrogen-bond acceptors (Lipinski definition) is 6. The normalized spacial score (nSPS) is 14.2. The van der Waals surface area contributed by atoms with Gasteiger partial charge in [-0.15, -0.1) is 0 Å². The highest BCUT2D eigenvalue weighted by molar-refractivity contribution is 6.31. The molecule has 0 saturated carbocycles. The van der Waals surface area contributed by atoms with Crippen molar-refractivity contribution in [1.82, 2.24) is 9.88 Å². The van der Waals surface area contributed by atoms with Crippen LogP contribution in [0.25, 0.3) is 0 Å². The molecule has 7 nitrogen and oxygen atoms in total. The van der Waals surface area contributed by atoms with Crippen molar-refractivity contribution < 1.29 is 23.8 Å². The Bertz CT molecular complexity index is 902. The number of amides is 1. The summed E-state index contributed by atoms with van der Waals surface area (Å²) in [5.41, 5.74) is 0.715. The fraction of sp³-hybridized carbons (Fsp3) is 0.381. The molecule has 154 valence electrons. The number of pyridine rings is 1. The third kappa shape index (κ3) is 5.17. The summed E-state index contributed by atoms with van der Waals surface area (Å²) in [5, 5.41) is 0.403. The van der Waals surface area contributed by atoms with E-state index in [1.807, 2.05) is 26.8 Å². The maximum absolute atomic E-state index is 12.0. The molecule has 0 N–H and O–H groups in total. The Kier molecular flexibility index (Phi) is 5.98. The number of ether oxygens (including phenoxy) is 3. The van der Waals surface area contributed by atoms with Gasteiger partial charge in [0.15, 0.2) is 0 Å². The van der Waals surface area contributed by atoms with E-state index in [4.69, 9.17) is 25.8 Å². The molecule has 29 heavy (non-hydrogen) atoms. The van der Waals surface area contributed by atoms with Crippen LogP contribution in [0.1, 0.15) is 42.6 Å². The van der Waals surface area contributed by atoms with E-state index < -0.39 is 11.6 Å². The Morgan fingerprint density at radius 2 is 1.90 bits per heavy atom. The smallest absolute Gasteiger partial charge is 0.410 e. The molecule has 1 fully saturated rings. The van der Waals surface area contributed by atoms with Gasteiger partial charge in [-0.05, 0) is 44.5 Å². The number of carbonyl (C=O) groups excluding carboxylic acids is 2. The first-order valence-corrected chi connectivity index (χ1v) is 9.53. The molecule has 0 radical (unpaired) electrons. The van der Waals surface area contributed by atoms with Crippen molar-refractivity contribution in [2.75, 3.05) is 20.2 Å². The molecule has 0 unspecified atom stereocenters. The van der Waals surface area contributed by atoms with Crippen molar-refractivity contribution in [2.24, 2.45) is 0 Å². The van der Waals surface area contributed by atoms with E-state index in [1.54, 1.807) is 29.3 Å². The molecule has 0 bridgehead atoms. The lowest BCUT2D eigenvalue weighted by Gasteiger charge is -2.39. The molecule has 0 atom stereocenters. The van der Waals surface area contributed by atoms with E-state index in [-0.39, 0.29) is 17.6 Å². The summed E-state index contributed by atoms with van der Waals surface area (Å²) in [4.78, 5) is 29.9. The zero-order valence-corrected chi connectivity index (χ0v) is 17.5. The number of esters is 1. The van der Waals surface area contributed by atoms with Gasteiger partial charge in [-0.25, -0.2) is 14.6 Å². The predicted octanol–water partition coefficient (Wildman–Crippen LogP) is 4.65. The summed E-state index contributed by atoms with van der Waals surface area (Å²) < 4.78 is 15.9. The fourth-order valence-corrected chi connectivity index (χ4v) is 3.00. The second-order valence-corrected chi connectivity index (χ2v) is 8.18. The summed E-state index contributed by atoms with van der Waals surface area (Å²) in [6, 6.07) is 8.32. The topological polar surface area (TPSA) is 78.0 Å². The lowest BCUT2D eigenvalue weighted by Crippen LogP contribution is -2.50. The Balaban J connectivity index is 1.63. The minimum Gasteiger partial charge on any atom is -0.465 e. The summed E-state index contributed by atoms with van der Waals surface area (Å²) in [6.45, 7) is 6.70. The molecule has 1 aromatic heterocycles. The van der Waals surface area contributed by atoms with Crippen LogP contribution in [0.3, 0.4) is 0 Å². The van der Waals surface area contributed by atoms with Crippen LogP contribution in [-0.4, -0.2) is 47.7 Å². The Morgan fingerprint density at radius 3 is 2.48 bits per heavy atom. The second-order valence-electron chi connectivity index (χ2n) is 7.75. The van der Waals surface area contributed by atoms with E-state index in [2.05, 4.69) is 4.98 Å².